The van der Waals surface area contributed by atoms with Crippen LogP contribution in [0.1, 0.15) is 25.0 Å². The molecule has 2 fully saturated rings. The van der Waals surface area contributed by atoms with Gasteiger partial charge in [0.25, 0.3) is 0 Å². The molecule has 0 amide bonds. The highest BCUT2D eigenvalue weighted by molar-refractivity contribution is 7.89. The lowest BCUT2D eigenvalue weighted by Gasteiger charge is -2.25. The van der Waals surface area contributed by atoms with Crippen molar-refractivity contribution in [2.75, 3.05) is 26.2 Å². The normalized spacial score (nSPS) is 24.7. The van der Waals surface area contributed by atoms with Gasteiger partial charge in [-0.1, -0.05) is 0 Å². The van der Waals surface area contributed by atoms with Crippen LogP contribution in [0.3, 0.4) is 0 Å². The largest absolute Gasteiger partial charge is 0.325 e. The van der Waals surface area contributed by atoms with Crippen molar-refractivity contribution < 1.29 is 8.42 Å². The fourth-order valence-electron chi connectivity index (χ4n) is 3.34. The number of hydrogen-bond acceptors (Lipinski definition) is 5. The van der Waals surface area contributed by atoms with Gasteiger partial charge in [-0.05, 0) is 44.5 Å². The van der Waals surface area contributed by atoms with E-state index in [0.29, 0.717) is 24.8 Å². The minimum Gasteiger partial charge on any atom is -0.325 e. The van der Waals surface area contributed by atoms with Gasteiger partial charge >= 0.3 is 0 Å². The molecule has 3 rings (SSSR count). The van der Waals surface area contributed by atoms with E-state index in [2.05, 4.69) is 9.88 Å². The second-order valence-corrected chi connectivity index (χ2v) is 7.61. The average Bonchev–Trinajstić information content (AvgIpc) is 2.83. The van der Waals surface area contributed by atoms with Crippen LogP contribution in [-0.4, -0.2) is 54.8 Å². The highest BCUT2D eigenvalue weighted by Crippen LogP contribution is 2.26. The summed E-state index contributed by atoms with van der Waals surface area (Å²) in [7, 11) is -3.50. The van der Waals surface area contributed by atoms with E-state index in [4.69, 9.17) is 5.73 Å². The van der Waals surface area contributed by atoms with Crippen LogP contribution in [0.2, 0.25) is 0 Å². The summed E-state index contributed by atoms with van der Waals surface area (Å²) >= 11 is 0. The number of rotatable bonds is 3. The maximum Gasteiger partial charge on any atom is 0.244 e. The van der Waals surface area contributed by atoms with Crippen LogP contribution in [0, 0.1) is 0 Å². The zero-order chi connectivity index (χ0) is 14.9. The van der Waals surface area contributed by atoms with Crippen molar-refractivity contribution in [1.82, 2.24) is 14.2 Å². The lowest BCUT2D eigenvalue weighted by molar-refractivity contribution is 0.257. The van der Waals surface area contributed by atoms with Crippen LogP contribution in [-0.2, 0) is 16.6 Å². The lowest BCUT2D eigenvalue weighted by Crippen LogP contribution is -2.40. The lowest BCUT2D eigenvalue weighted by atomic mass is 10.2. The first-order valence-corrected chi connectivity index (χ1v) is 8.95. The van der Waals surface area contributed by atoms with Gasteiger partial charge in [0.05, 0.1) is 5.69 Å². The number of fused-ring (bicyclic) bond motifs is 1. The molecule has 6 nitrogen and oxygen atoms in total. The highest BCUT2D eigenvalue weighted by atomic mass is 32.2. The molecule has 0 aromatic carbocycles. The number of aromatic nitrogens is 1. The number of hydrogen-bond donors (Lipinski definition) is 1. The standard InChI is InChI=1S/C14H22N4O2S/c15-10-13-14(5-1-6-16-13)21(19,20)18-9-3-8-17-7-2-4-12(17)11-18/h1,5-6,12H,2-4,7-11,15H2. The predicted octanol–water partition coefficient (Wildman–Crippen LogP) is 0.399. The zero-order valence-corrected chi connectivity index (χ0v) is 12.9. The Bertz CT molecular complexity index is 605. The Labute approximate surface area is 126 Å². The Morgan fingerprint density at radius 3 is 2.90 bits per heavy atom. The molecule has 0 radical (unpaired) electrons. The van der Waals surface area contributed by atoms with Gasteiger partial charge in [0.1, 0.15) is 4.90 Å². The Morgan fingerprint density at radius 2 is 2.10 bits per heavy atom. The summed E-state index contributed by atoms with van der Waals surface area (Å²) < 4.78 is 27.5. The molecule has 2 aliphatic rings. The third-order valence-electron chi connectivity index (χ3n) is 4.43. The molecule has 116 valence electrons. The van der Waals surface area contributed by atoms with Crippen molar-refractivity contribution in [1.29, 1.82) is 0 Å². The van der Waals surface area contributed by atoms with E-state index in [-0.39, 0.29) is 11.4 Å². The zero-order valence-electron chi connectivity index (χ0n) is 12.1. The first kappa shape index (κ1) is 14.9. The summed E-state index contributed by atoms with van der Waals surface area (Å²) in [5, 5.41) is 0. The van der Waals surface area contributed by atoms with E-state index >= 15 is 0 Å². The van der Waals surface area contributed by atoms with Crippen molar-refractivity contribution in [3.05, 3.63) is 24.0 Å². The summed E-state index contributed by atoms with van der Waals surface area (Å²) in [5.41, 5.74) is 6.09. The van der Waals surface area contributed by atoms with Gasteiger partial charge in [-0.2, -0.15) is 4.31 Å². The molecular formula is C14H22N4O2S. The fraction of sp³-hybridized carbons (Fsp3) is 0.643. The molecular weight excluding hydrogens is 288 g/mol. The number of nitrogens with zero attached hydrogens (tertiary/aromatic N) is 3. The second kappa shape index (κ2) is 6.00. The van der Waals surface area contributed by atoms with Gasteiger partial charge in [0.2, 0.25) is 10.0 Å². The van der Waals surface area contributed by atoms with E-state index in [1.54, 1.807) is 22.6 Å². The third-order valence-corrected chi connectivity index (χ3v) is 6.36. The second-order valence-electron chi connectivity index (χ2n) is 5.70. The predicted molar refractivity (Wildman–Crippen MR) is 80.1 cm³/mol. The minimum atomic E-state index is -3.50. The van der Waals surface area contributed by atoms with Crippen molar-refractivity contribution in [2.45, 2.75) is 36.7 Å². The topological polar surface area (TPSA) is 79.5 Å². The third kappa shape index (κ3) is 2.83. The molecule has 2 aliphatic heterocycles. The van der Waals surface area contributed by atoms with Crippen molar-refractivity contribution in [2.24, 2.45) is 5.73 Å². The van der Waals surface area contributed by atoms with Crippen LogP contribution in [0.25, 0.3) is 0 Å². The van der Waals surface area contributed by atoms with Crippen LogP contribution in [0.4, 0.5) is 0 Å². The van der Waals surface area contributed by atoms with E-state index in [9.17, 15) is 8.42 Å². The maximum absolute atomic E-state index is 12.9. The first-order chi connectivity index (χ1) is 10.1. The molecule has 1 atom stereocenters. The van der Waals surface area contributed by atoms with E-state index in [1.165, 1.54) is 6.42 Å². The fourth-order valence-corrected chi connectivity index (χ4v) is 5.04. The molecule has 0 aliphatic carbocycles. The molecule has 1 unspecified atom stereocenters. The van der Waals surface area contributed by atoms with Crippen LogP contribution >= 0.6 is 0 Å². The van der Waals surface area contributed by atoms with Gasteiger partial charge in [-0.25, -0.2) is 8.42 Å². The van der Waals surface area contributed by atoms with Crippen LogP contribution < -0.4 is 5.73 Å². The molecule has 7 heteroatoms. The Hall–Kier alpha value is -1.02. The molecule has 1 aromatic rings. The first-order valence-electron chi connectivity index (χ1n) is 7.51. The van der Waals surface area contributed by atoms with Crippen molar-refractivity contribution in [3.8, 4) is 0 Å². The van der Waals surface area contributed by atoms with E-state index in [0.717, 1.165) is 25.9 Å². The van der Waals surface area contributed by atoms with Gasteiger partial charge in [0, 0.05) is 31.9 Å². The van der Waals surface area contributed by atoms with Crippen LogP contribution in [0.5, 0.6) is 0 Å². The number of sulfonamides is 1. The molecule has 0 spiro atoms. The summed E-state index contributed by atoms with van der Waals surface area (Å²) in [6, 6.07) is 3.63. The smallest absolute Gasteiger partial charge is 0.244 e. The Morgan fingerprint density at radius 1 is 1.29 bits per heavy atom. The summed E-state index contributed by atoms with van der Waals surface area (Å²) in [6.45, 7) is 3.39. The average molecular weight is 310 g/mol. The van der Waals surface area contributed by atoms with Crippen molar-refractivity contribution >= 4 is 10.0 Å². The van der Waals surface area contributed by atoms with Crippen molar-refractivity contribution in [3.63, 3.8) is 0 Å². The molecule has 0 saturated carbocycles. The van der Waals surface area contributed by atoms with Gasteiger partial charge in [-0.15, -0.1) is 0 Å². The molecule has 3 heterocycles. The Kier molecular flexibility index (Phi) is 4.26. The van der Waals surface area contributed by atoms with Gasteiger partial charge in [0.15, 0.2) is 0 Å². The highest BCUT2D eigenvalue weighted by Gasteiger charge is 2.35. The minimum absolute atomic E-state index is 0.138. The SMILES string of the molecule is NCc1ncccc1S(=O)(=O)N1CCCN2CCCC2C1. The van der Waals surface area contributed by atoms with Gasteiger partial charge in [-0.3, -0.25) is 9.88 Å². The quantitative estimate of drug-likeness (QED) is 0.874. The van der Waals surface area contributed by atoms with Gasteiger partial charge < -0.3 is 5.73 Å². The monoisotopic (exact) mass is 310 g/mol. The van der Waals surface area contributed by atoms with Crippen LogP contribution in [0.15, 0.2) is 23.2 Å². The molecule has 2 saturated heterocycles. The van der Waals surface area contributed by atoms with E-state index < -0.39 is 10.0 Å². The molecule has 1 aromatic heterocycles. The summed E-state index contributed by atoms with van der Waals surface area (Å²) in [5.74, 6) is 0. The molecule has 0 bridgehead atoms. The number of nitrogens with two attached hydrogens (primary N) is 1. The maximum atomic E-state index is 12.9. The molecule has 21 heavy (non-hydrogen) atoms. The molecule has 2 N–H and O–H groups in total. The number of pyridine rings is 1. The van der Waals surface area contributed by atoms with E-state index in [1.807, 2.05) is 0 Å². The Balaban J connectivity index is 1.90. The summed E-state index contributed by atoms with van der Waals surface area (Å²) in [4.78, 5) is 6.79. The summed E-state index contributed by atoms with van der Waals surface area (Å²) in [6.07, 6.45) is 4.72.